The van der Waals surface area contributed by atoms with Crippen molar-refractivity contribution in [3.8, 4) is 0 Å². The third-order valence-electron chi connectivity index (χ3n) is 4.26. The van der Waals surface area contributed by atoms with Crippen LogP contribution in [0, 0.1) is 0 Å². The molecule has 1 aliphatic carbocycles. The van der Waals surface area contributed by atoms with Crippen molar-refractivity contribution in [1.29, 1.82) is 0 Å². The van der Waals surface area contributed by atoms with E-state index in [1.54, 1.807) is 0 Å². The van der Waals surface area contributed by atoms with E-state index in [0.29, 0.717) is 10.2 Å². The van der Waals surface area contributed by atoms with E-state index in [1.807, 2.05) is 24.3 Å². The molecule has 23 heavy (non-hydrogen) atoms. The van der Waals surface area contributed by atoms with E-state index in [2.05, 4.69) is 22.4 Å². The number of rotatable bonds is 7. The summed E-state index contributed by atoms with van der Waals surface area (Å²) in [6, 6.07) is 7.54. The number of unbranched alkanes of at least 4 members (excludes halogenated alkanes) is 2. The molecule has 1 fully saturated rings. The molecule has 0 aliphatic heterocycles. The van der Waals surface area contributed by atoms with Crippen molar-refractivity contribution < 1.29 is 4.79 Å². The van der Waals surface area contributed by atoms with Gasteiger partial charge in [-0.15, -0.1) is 10.2 Å². The van der Waals surface area contributed by atoms with Gasteiger partial charge in [0.15, 0.2) is 0 Å². The molecule has 2 aromatic rings. The smallest absolute Gasteiger partial charge is 0.236 e. The third-order valence-corrected chi connectivity index (χ3v) is 5.41. The van der Waals surface area contributed by atoms with Crippen molar-refractivity contribution in [2.24, 2.45) is 0 Å². The van der Waals surface area contributed by atoms with Crippen LogP contribution < -0.4 is 5.32 Å². The first kappa shape index (κ1) is 16.4. The number of carbonyl (C=O) groups excluding carboxylic acids is 1. The molecule has 0 radical (unpaired) electrons. The molecule has 1 N–H and O–H groups in total. The van der Waals surface area contributed by atoms with Crippen LogP contribution in [0.2, 0.25) is 5.02 Å². The fourth-order valence-electron chi connectivity index (χ4n) is 2.69. The summed E-state index contributed by atoms with van der Waals surface area (Å²) >= 11 is 7.41. The van der Waals surface area contributed by atoms with Gasteiger partial charge in [-0.05, 0) is 37.0 Å². The molecule has 1 aromatic heterocycles. The Hall–Kier alpha value is -1.46. The quantitative estimate of drug-likeness (QED) is 0.743. The largest absolute Gasteiger partial charge is 0.300 e. The van der Waals surface area contributed by atoms with Crippen LogP contribution in [0.3, 0.4) is 0 Å². The van der Waals surface area contributed by atoms with Crippen molar-refractivity contribution in [3.63, 3.8) is 0 Å². The lowest BCUT2D eigenvalue weighted by Gasteiger charge is -2.14. The van der Waals surface area contributed by atoms with Crippen LogP contribution >= 0.6 is 22.9 Å². The van der Waals surface area contributed by atoms with E-state index in [0.717, 1.165) is 36.3 Å². The van der Waals surface area contributed by atoms with Gasteiger partial charge in [-0.3, -0.25) is 10.1 Å². The highest BCUT2D eigenvalue weighted by atomic mass is 35.5. The van der Waals surface area contributed by atoms with Crippen LogP contribution in [0.25, 0.3) is 0 Å². The van der Waals surface area contributed by atoms with Crippen LogP contribution in [0.5, 0.6) is 0 Å². The number of hydrogen-bond acceptors (Lipinski definition) is 4. The molecule has 4 nitrogen and oxygen atoms in total. The molecular formula is C17H20ClN3OS. The lowest BCUT2D eigenvalue weighted by atomic mass is 9.95. The number of halogens is 1. The van der Waals surface area contributed by atoms with E-state index in [9.17, 15) is 4.79 Å². The van der Waals surface area contributed by atoms with Gasteiger partial charge in [-0.2, -0.15) is 0 Å². The number of nitrogens with one attached hydrogen (secondary N) is 1. The number of nitrogens with zero attached hydrogens (tertiary/aromatic N) is 2. The average Bonchev–Trinajstić information content (AvgIpc) is 3.24. The lowest BCUT2D eigenvalue weighted by molar-refractivity contribution is -0.118. The summed E-state index contributed by atoms with van der Waals surface area (Å²) in [5.74, 6) is 0.0103. The minimum Gasteiger partial charge on any atom is -0.300 e. The molecule has 1 heterocycles. The first-order chi connectivity index (χ1) is 11.1. The molecule has 1 amide bonds. The minimum absolute atomic E-state index is 0.0103. The molecule has 1 aromatic carbocycles. The summed E-state index contributed by atoms with van der Waals surface area (Å²) in [6.45, 7) is 2.18. The van der Waals surface area contributed by atoms with Crippen LogP contribution in [0.15, 0.2) is 24.3 Å². The predicted molar refractivity (Wildman–Crippen MR) is 94.1 cm³/mol. The Morgan fingerprint density at radius 2 is 2.00 bits per heavy atom. The summed E-state index contributed by atoms with van der Waals surface area (Å²) in [5.41, 5.74) is 0.602. The fourth-order valence-corrected chi connectivity index (χ4v) is 3.59. The van der Waals surface area contributed by atoms with Crippen molar-refractivity contribution in [2.75, 3.05) is 5.32 Å². The minimum atomic E-state index is -0.418. The van der Waals surface area contributed by atoms with Crippen LogP contribution in [-0.4, -0.2) is 16.1 Å². The second kappa shape index (κ2) is 6.97. The predicted octanol–water partition coefficient (Wildman–Crippen LogP) is 4.59. The molecule has 6 heteroatoms. The number of benzene rings is 1. The standard InChI is InChI=1S/C17H20ClN3OS/c1-2-3-4-5-14-20-21-16(23-14)19-15(22)17(10-11-17)12-6-8-13(18)9-7-12/h6-9H,2-5,10-11H2,1H3,(H,19,21,22). The average molecular weight is 350 g/mol. The maximum atomic E-state index is 12.6. The van der Waals surface area contributed by atoms with Crippen molar-refractivity contribution in [2.45, 2.75) is 50.9 Å². The second-order valence-corrected chi connectivity index (χ2v) is 7.50. The molecule has 0 unspecified atom stereocenters. The summed E-state index contributed by atoms with van der Waals surface area (Å²) in [6.07, 6.45) is 6.16. The van der Waals surface area contributed by atoms with Crippen molar-refractivity contribution >= 4 is 34.0 Å². The molecule has 122 valence electrons. The van der Waals surface area contributed by atoms with Crippen molar-refractivity contribution in [1.82, 2.24) is 10.2 Å². The molecule has 0 atom stereocenters. The SMILES string of the molecule is CCCCCc1nnc(NC(=O)C2(c3ccc(Cl)cc3)CC2)s1. The van der Waals surface area contributed by atoms with Gasteiger partial charge >= 0.3 is 0 Å². The summed E-state index contributed by atoms with van der Waals surface area (Å²) in [4.78, 5) is 12.6. The molecule has 0 spiro atoms. The Balaban J connectivity index is 1.64. The molecular weight excluding hydrogens is 330 g/mol. The number of carbonyl (C=O) groups is 1. The van der Waals surface area contributed by atoms with Gasteiger partial charge in [-0.1, -0.05) is 54.8 Å². The van der Waals surface area contributed by atoms with Crippen molar-refractivity contribution in [3.05, 3.63) is 39.9 Å². The summed E-state index contributed by atoms with van der Waals surface area (Å²) in [7, 11) is 0. The highest BCUT2D eigenvalue weighted by molar-refractivity contribution is 7.15. The normalized spacial score (nSPS) is 15.4. The van der Waals surface area contributed by atoms with Crippen LogP contribution in [0.1, 0.15) is 49.6 Å². The van der Waals surface area contributed by atoms with Gasteiger partial charge in [0.2, 0.25) is 11.0 Å². The summed E-state index contributed by atoms with van der Waals surface area (Å²) in [5, 5.41) is 13.5. The van der Waals surface area contributed by atoms with Gasteiger partial charge in [0.25, 0.3) is 0 Å². The second-order valence-electron chi connectivity index (χ2n) is 6.00. The fraction of sp³-hybridized carbons (Fsp3) is 0.471. The maximum absolute atomic E-state index is 12.6. The van der Waals surface area contributed by atoms with Gasteiger partial charge in [-0.25, -0.2) is 0 Å². The van der Waals surface area contributed by atoms with E-state index in [-0.39, 0.29) is 5.91 Å². The molecule has 0 bridgehead atoms. The Bertz CT molecular complexity index is 679. The van der Waals surface area contributed by atoms with Gasteiger partial charge in [0, 0.05) is 11.4 Å². The van der Waals surface area contributed by atoms with Gasteiger partial charge in [0.1, 0.15) is 5.01 Å². The molecule has 1 aliphatic rings. The molecule has 0 saturated heterocycles. The topological polar surface area (TPSA) is 54.9 Å². The monoisotopic (exact) mass is 349 g/mol. The lowest BCUT2D eigenvalue weighted by Crippen LogP contribution is -2.27. The molecule has 3 rings (SSSR count). The van der Waals surface area contributed by atoms with E-state index < -0.39 is 5.41 Å². The number of anilines is 1. The van der Waals surface area contributed by atoms with Crippen LogP contribution in [0.4, 0.5) is 5.13 Å². The van der Waals surface area contributed by atoms with Gasteiger partial charge in [0.05, 0.1) is 5.41 Å². The number of aromatic nitrogens is 2. The van der Waals surface area contributed by atoms with Crippen LogP contribution in [-0.2, 0) is 16.6 Å². The number of aryl methyl sites for hydroxylation is 1. The number of hydrogen-bond donors (Lipinski definition) is 1. The van der Waals surface area contributed by atoms with E-state index >= 15 is 0 Å². The van der Waals surface area contributed by atoms with E-state index in [1.165, 1.54) is 24.2 Å². The summed E-state index contributed by atoms with van der Waals surface area (Å²) < 4.78 is 0. The zero-order chi connectivity index (χ0) is 16.3. The molecule has 1 saturated carbocycles. The Morgan fingerprint density at radius 1 is 1.26 bits per heavy atom. The Kier molecular flexibility index (Phi) is 4.97. The van der Waals surface area contributed by atoms with Gasteiger partial charge < -0.3 is 0 Å². The van der Waals surface area contributed by atoms with E-state index in [4.69, 9.17) is 11.6 Å². The Labute approximate surface area is 145 Å². The highest BCUT2D eigenvalue weighted by Gasteiger charge is 2.51. The first-order valence-electron chi connectivity index (χ1n) is 8.04. The third kappa shape index (κ3) is 3.72. The number of amides is 1. The zero-order valence-corrected chi connectivity index (χ0v) is 14.7. The highest BCUT2D eigenvalue weighted by Crippen LogP contribution is 2.49. The maximum Gasteiger partial charge on any atom is 0.236 e. The first-order valence-corrected chi connectivity index (χ1v) is 9.23. The Morgan fingerprint density at radius 3 is 2.65 bits per heavy atom. The zero-order valence-electron chi connectivity index (χ0n) is 13.1.